The third-order valence-corrected chi connectivity index (χ3v) is 11.8. The number of unbranched alkanes of at least 4 members (excludes halogenated alkanes) is 1. The Morgan fingerprint density at radius 2 is 1.31 bits per heavy atom. The highest BCUT2D eigenvalue weighted by molar-refractivity contribution is 6.11. The van der Waals surface area contributed by atoms with E-state index in [-0.39, 0.29) is 66.2 Å². The Morgan fingerprint density at radius 1 is 0.681 bits per heavy atom. The normalized spacial score (nSPS) is 11.6. The zero-order chi connectivity index (χ0) is 51.6. The van der Waals surface area contributed by atoms with Gasteiger partial charge in [0.05, 0.1) is 49.1 Å². The van der Waals surface area contributed by atoms with Crippen molar-refractivity contribution < 1.29 is 47.8 Å². The molecule has 1 aliphatic rings. The monoisotopic (exact) mass is 984 g/mol. The maximum Gasteiger partial charge on any atom is 0.305 e. The van der Waals surface area contributed by atoms with Crippen molar-refractivity contribution in [3.05, 3.63) is 113 Å². The molecule has 72 heavy (non-hydrogen) atoms. The topological polar surface area (TPSA) is 256 Å². The van der Waals surface area contributed by atoms with Crippen molar-refractivity contribution in [3.8, 4) is 11.5 Å². The molecule has 0 radical (unpaired) electrons. The van der Waals surface area contributed by atoms with Crippen LogP contribution in [0.1, 0.15) is 90.1 Å². The van der Waals surface area contributed by atoms with E-state index in [0.717, 1.165) is 17.7 Å². The number of imidazole rings is 1. The SMILES string of the molecule is C=Nc1cc(OCCCC(=O)Nc2cc(C(=O)Nc3cn(C)c(C(=O)Nc4cc(C(=O)Nc5cc(C(=O)NCCCCC(=O)OC)n(C)c5)n(C)c4)n3)n(C)c2)c(OC)cc1C(=O)N1CCc2ccccc21. The van der Waals surface area contributed by atoms with Gasteiger partial charge < -0.3 is 64.0 Å². The minimum Gasteiger partial charge on any atom is -0.493 e. The molecule has 1 aliphatic heterocycles. The van der Waals surface area contributed by atoms with E-state index in [0.29, 0.717) is 77.9 Å². The summed E-state index contributed by atoms with van der Waals surface area (Å²) in [4.78, 5) is 101. The standard InChI is InChI=1S/C50H56N12O10/c1-51-35-25-41(40(70-6)24-34(35)50(69)62-19-17-30-13-8-9-14-36(30)62)72-20-12-15-43(63)53-31-21-39(59(3)26-31)48(67)57-42-29-61(5)45(56-42)49(68)55-33-23-38(60(4)28-33)47(66)54-32-22-37(58(2)27-32)46(65)52-18-11-10-16-44(64)71-7/h8-9,13-14,21-29H,1,10-12,15-20H2,2-7H3,(H,52,65)(H,53,63)(H,54,66)(H,55,68)(H,57,67). The van der Waals surface area contributed by atoms with Gasteiger partial charge in [-0.15, -0.1) is 0 Å². The number of methoxy groups -OCH3 is 2. The largest absolute Gasteiger partial charge is 0.493 e. The van der Waals surface area contributed by atoms with E-state index in [2.05, 4.69) is 48.0 Å². The first-order valence-corrected chi connectivity index (χ1v) is 22.9. The highest BCUT2D eigenvalue weighted by Crippen LogP contribution is 2.38. The lowest BCUT2D eigenvalue weighted by Crippen LogP contribution is -2.29. The number of hydrogen-bond acceptors (Lipinski definition) is 12. The number of para-hydroxylation sites is 1. The van der Waals surface area contributed by atoms with Gasteiger partial charge >= 0.3 is 5.97 Å². The van der Waals surface area contributed by atoms with Gasteiger partial charge in [0.2, 0.25) is 11.7 Å². The van der Waals surface area contributed by atoms with Gasteiger partial charge in [-0.25, -0.2) is 4.98 Å². The van der Waals surface area contributed by atoms with Crippen LogP contribution in [-0.2, 0) is 48.9 Å². The number of ether oxygens (including phenoxy) is 3. The second-order valence-electron chi connectivity index (χ2n) is 16.9. The lowest BCUT2D eigenvalue weighted by Gasteiger charge is -2.20. The molecule has 0 fully saturated rings. The second-order valence-corrected chi connectivity index (χ2v) is 16.9. The van der Waals surface area contributed by atoms with E-state index in [1.807, 2.05) is 24.3 Å². The third-order valence-electron chi connectivity index (χ3n) is 11.8. The highest BCUT2D eigenvalue weighted by atomic mass is 16.5. The van der Waals surface area contributed by atoms with E-state index >= 15 is 0 Å². The molecule has 22 heteroatoms. The Hall–Kier alpha value is -8.95. The number of aromatic nitrogens is 5. The quantitative estimate of drug-likeness (QED) is 0.0337. The van der Waals surface area contributed by atoms with Crippen LogP contribution in [0.25, 0.3) is 0 Å². The van der Waals surface area contributed by atoms with Crippen LogP contribution in [-0.4, -0.2) is 105 Å². The third kappa shape index (κ3) is 11.9. The van der Waals surface area contributed by atoms with Gasteiger partial charge in [-0.2, -0.15) is 0 Å². The Kier molecular flexibility index (Phi) is 16.0. The van der Waals surface area contributed by atoms with Crippen LogP contribution in [0.5, 0.6) is 11.5 Å². The summed E-state index contributed by atoms with van der Waals surface area (Å²) in [5.41, 5.74) is 4.42. The highest BCUT2D eigenvalue weighted by Gasteiger charge is 2.28. The van der Waals surface area contributed by atoms with Gasteiger partial charge in [0, 0.05) is 90.7 Å². The van der Waals surface area contributed by atoms with Crippen LogP contribution in [0.3, 0.4) is 0 Å². The van der Waals surface area contributed by atoms with Crippen molar-refractivity contribution in [2.45, 2.75) is 38.5 Å². The lowest BCUT2D eigenvalue weighted by molar-refractivity contribution is -0.140. The van der Waals surface area contributed by atoms with Crippen molar-refractivity contribution >= 4 is 82.4 Å². The number of nitrogens with zero attached hydrogens (tertiary/aromatic N) is 7. The second kappa shape index (κ2) is 22.6. The molecule has 7 rings (SSSR count). The molecule has 0 atom stereocenters. The van der Waals surface area contributed by atoms with Gasteiger partial charge in [0.1, 0.15) is 17.1 Å². The van der Waals surface area contributed by atoms with Crippen LogP contribution in [0.15, 0.2) is 84.4 Å². The van der Waals surface area contributed by atoms with E-state index < -0.39 is 17.7 Å². The molecule has 0 bridgehead atoms. The number of anilines is 5. The van der Waals surface area contributed by atoms with Gasteiger partial charge in [-0.3, -0.25) is 38.6 Å². The molecule has 4 aromatic heterocycles. The van der Waals surface area contributed by atoms with Gasteiger partial charge in [0.15, 0.2) is 17.3 Å². The first-order valence-electron chi connectivity index (χ1n) is 22.9. The summed E-state index contributed by atoms with van der Waals surface area (Å²) in [5.74, 6) is -2.10. The summed E-state index contributed by atoms with van der Waals surface area (Å²) >= 11 is 0. The Labute approximate surface area is 414 Å². The van der Waals surface area contributed by atoms with Crippen molar-refractivity contribution in [3.63, 3.8) is 0 Å². The van der Waals surface area contributed by atoms with Gasteiger partial charge in [-0.05, 0) is 68.3 Å². The fourth-order valence-electron chi connectivity index (χ4n) is 8.12. The Bertz CT molecular complexity index is 3070. The number of fused-ring (bicyclic) bond motifs is 1. The van der Waals surface area contributed by atoms with E-state index in [1.54, 1.807) is 74.4 Å². The zero-order valence-corrected chi connectivity index (χ0v) is 40.8. The molecular weight excluding hydrogens is 929 g/mol. The number of rotatable bonds is 21. The molecule has 6 amide bonds. The summed E-state index contributed by atoms with van der Waals surface area (Å²) in [6.07, 6.45) is 8.80. The van der Waals surface area contributed by atoms with Crippen LogP contribution in [0.2, 0.25) is 0 Å². The Morgan fingerprint density at radius 3 is 1.96 bits per heavy atom. The molecule has 376 valence electrons. The molecule has 0 aliphatic carbocycles. The first-order chi connectivity index (χ1) is 34.6. The zero-order valence-electron chi connectivity index (χ0n) is 40.8. The molecular formula is C50H56N12O10. The average molecular weight is 985 g/mol. The number of aryl methyl sites for hydroxylation is 4. The maximum atomic E-state index is 13.6. The van der Waals surface area contributed by atoms with Crippen molar-refractivity contribution in [1.29, 1.82) is 0 Å². The van der Waals surface area contributed by atoms with Gasteiger partial charge in [-0.1, -0.05) is 18.2 Å². The summed E-state index contributed by atoms with van der Waals surface area (Å²) in [7, 11) is 9.34. The number of nitrogens with one attached hydrogen (secondary N) is 5. The molecule has 5 heterocycles. The summed E-state index contributed by atoms with van der Waals surface area (Å²) < 4.78 is 22.2. The molecule has 6 aromatic rings. The first kappa shape index (κ1) is 50.9. The summed E-state index contributed by atoms with van der Waals surface area (Å²) in [5, 5.41) is 13.8. The predicted octanol–water partition coefficient (Wildman–Crippen LogP) is 5.61. The smallest absolute Gasteiger partial charge is 0.305 e. The Balaban J connectivity index is 0.872. The number of amides is 6. The van der Waals surface area contributed by atoms with Crippen molar-refractivity contribution in [1.82, 2.24) is 28.6 Å². The van der Waals surface area contributed by atoms with Crippen molar-refractivity contribution in [2.24, 2.45) is 33.2 Å². The molecule has 0 spiro atoms. The van der Waals surface area contributed by atoms with E-state index in [9.17, 15) is 33.6 Å². The minimum atomic E-state index is -0.611. The molecule has 2 aromatic carbocycles. The summed E-state index contributed by atoms with van der Waals surface area (Å²) in [6, 6.07) is 15.5. The number of hydrogen-bond donors (Lipinski definition) is 5. The van der Waals surface area contributed by atoms with Crippen molar-refractivity contribution in [2.75, 3.05) is 60.1 Å². The fraction of sp³-hybridized carbons (Fsp3) is 0.300. The van der Waals surface area contributed by atoms with Gasteiger partial charge in [0.25, 0.3) is 29.5 Å². The number of carbonyl (C=O) groups excluding carboxylic acids is 7. The summed E-state index contributed by atoms with van der Waals surface area (Å²) in [6.45, 7) is 4.71. The fourth-order valence-corrected chi connectivity index (χ4v) is 8.12. The van der Waals surface area contributed by atoms with E-state index in [4.69, 9.17) is 9.47 Å². The molecule has 0 saturated carbocycles. The number of benzene rings is 2. The number of carbonyl (C=O) groups is 7. The average Bonchev–Trinajstić information content (AvgIpc) is 4.20. The van der Waals surface area contributed by atoms with E-state index in [1.165, 1.54) is 46.3 Å². The number of aliphatic imine (C=N–C) groups is 1. The van der Waals surface area contributed by atoms with Crippen LogP contribution in [0, 0.1) is 0 Å². The maximum absolute atomic E-state index is 13.6. The molecule has 22 nitrogen and oxygen atoms in total. The van der Waals surface area contributed by atoms with Crippen LogP contribution < -0.4 is 41.0 Å². The van der Waals surface area contributed by atoms with Crippen LogP contribution >= 0.6 is 0 Å². The van der Waals surface area contributed by atoms with Crippen LogP contribution in [0.4, 0.5) is 34.3 Å². The molecule has 0 saturated heterocycles. The minimum absolute atomic E-state index is 0.0325. The lowest BCUT2D eigenvalue weighted by atomic mass is 10.1. The number of esters is 1. The molecule has 0 unspecified atom stereocenters. The molecule has 5 N–H and O–H groups in total. The predicted molar refractivity (Wildman–Crippen MR) is 269 cm³/mol.